The maximum Gasteiger partial charge on any atom is 0.326 e. The molecule has 25 N–H and O–H groups in total. The Labute approximate surface area is 481 Å². The Hall–Kier alpha value is -8.39. The molecule has 1 aromatic carbocycles. The predicted molar refractivity (Wildman–Crippen MR) is 302 cm³/mol. The van der Waals surface area contributed by atoms with Gasteiger partial charge in [0, 0.05) is 19.5 Å². The zero-order chi connectivity index (χ0) is 63.3. The van der Waals surface area contributed by atoms with Gasteiger partial charge in [0.1, 0.15) is 54.1 Å². The lowest BCUT2D eigenvalue weighted by Crippen LogP contribution is -2.61. The molecule has 10 amide bonds. The van der Waals surface area contributed by atoms with Crippen molar-refractivity contribution >= 4 is 77.0 Å². The van der Waals surface area contributed by atoms with Crippen LogP contribution in [-0.2, 0) is 59.2 Å². The molecule has 11 atom stereocenters. The number of carbonyl (C=O) groups excluding carboxylic acids is 10. The first-order chi connectivity index (χ1) is 38.8. The molecule has 0 aliphatic heterocycles. The number of aliphatic imine (C=N–C) groups is 2. The van der Waals surface area contributed by atoms with E-state index < -0.39 is 157 Å². The second kappa shape index (κ2) is 36.9. The van der Waals surface area contributed by atoms with Crippen LogP contribution < -0.4 is 82.3 Å². The number of aliphatic hydroxyl groups excluding tert-OH is 2. The number of carboxylic acid groups (broad SMARTS) is 1. The number of nitrogens with one attached hydrogen (secondary N) is 9. The largest absolute Gasteiger partial charge is 0.508 e. The number of benzene rings is 1. The van der Waals surface area contributed by atoms with Crippen LogP contribution in [0, 0.1) is 17.8 Å². The maximum atomic E-state index is 13.9. The Morgan fingerprint density at radius 3 is 1.51 bits per heavy atom. The molecule has 1 aromatic rings. The van der Waals surface area contributed by atoms with Gasteiger partial charge in [0.05, 0.1) is 31.7 Å². The van der Waals surface area contributed by atoms with E-state index >= 15 is 0 Å². The lowest BCUT2D eigenvalue weighted by Gasteiger charge is -2.30. The fraction of sp³-hybridized carbons (Fsp3) is 0.627. The molecule has 0 aliphatic carbocycles. The van der Waals surface area contributed by atoms with Gasteiger partial charge in [-0.05, 0) is 74.5 Å². The van der Waals surface area contributed by atoms with Gasteiger partial charge in [0.2, 0.25) is 59.1 Å². The van der Waals surface area contributed by atoms with Crippen molar-refractivity contribution in [3.8, 4) is 5.75 Å². The van der Waals surface area contributed by atoms with Gasteiger partial charge in [-0.2, -0.15) is 0 Å². The van der Waals surface area contributed by atoms with Crippen LogP contribution in [0.1, 0.15) is 99.0 Å². The highest BCUT2D eigenvalue weighted by atomic mass is 16.4. The lowest BCUT2D eigenvalue weighted by atomic mass is 9.96. The zero-order valence-electron chi connectivity index (χ0n) is 47.9. The fourth-order valence-electron chi connectivity index (χ4n) is 7.83. The summed E-state index contributed by atoms with van der Waals surface area (Å²) in [5.74, 6) is -13.1. The Balaban J connectivity index is 3.32. The van der Waals surface area contributed by atoms with E-state index in [9.17, 15) is 73.2 Å². The van der Waals surface area contributed by atoms with Crippen molar-refractivity contribution in [1.29, 1.82) is 0 Å². The van der Waals surface area contributed by atoms with Gasteiger partial charge in [-0.25, -0.2) is 4.79 Å². The number of rotatable bonds is 38. The van der Waals surface area contributed by atoms with Crippen molar-refractivity contribution in [3.05, 3.63) is 29.8 Å². The van der Waals surface area contributed by atoms with Crippen molar-refractivity contribution in [2.24, 2.45) is 62.1 Å². The smallest absolute Gasteiger partial charge is 0.326 e. The minimum absolute atomic E-state index is 0.0121. The van der Waals surface area contributed by atoms with E-state index in [0.29, 0.717) is 12.0 Å². The fourth-order valence-corrected chi connectivity index (χ4v) is 7.83. The number of nitrogens with zero attached hydrogens (tertiary/aromatic N) is 2. The molecule has 466 valence electrons. The third-order valence-corrected chi connectivity index (χ3v) is 12.6. The summed E-state index contributed by atoms with van der Waals surface area (Å²) in [6, 6.07) is -7.71. The highest BCUT2D eigenvalue weighted by Crippen LogP contribution is 2.15. The van der Waals surface area contributed by atoms with Crippen molar-refractivity contribution in [2.45, 2.75) is 160 Å². The van der Waals surface area contributed by atoms with Crippen LogP contribution in [0.15, 0.2) is 34.3 Å². The second-order valence-electron chi connectivity index (χ2n) is 20.6. The van der Waals surface area contributed by atoms with Gasteiger partial charge in [-0.15, -0.1) is 0 Å². The summed E-state index contributed by atoms with van der Waals surface area (Å²) >= 11 is 0. The molecule has 83 heavy (non-hydrogen) atoms. The van der Waals surface area contributed by atoms with E-state index in [1.165, 1.54) is 24.3 Å². The van der Waals surface area contributed by atoms with Crippen LogP contribution in [0.5, 0.6) is 5.75 Å². The van der Waals surface area contributed by atoms with Gasteiger partial charge in [0.25, 0.3) is 0 Å². The number of amides is 10. The minimum Gasteiger partial charge on any atom is -0.508 e. The normalized spacial score (nSPS) is 15.0. The van der Waals surface area contributed by atoms with Crippen LogP contribution in [0.25, 0.3) is 0 Å². The average molecular weight is 1180 g/mol. The average Bonchev–Trinajstić information content (AvgIpc) is 3.47. The molecule has 0 aromatic heterocycles. The number of aromatic hydroxyl groups is 1. The van der Waals surface area contributed by atoms with Crippen LogP contribution >= 0.6 is 0 Å². The van der Waals surface area contributed by atoms with E-state index in [1.54, 1.807) is 27.7 Å². The standard InChI is InChI=1S/C51H87N17O15/c1-8-26(6)39(48(81)66-38(25(4)5)47(80)64-34(49(82)83)20-28-13-15-29(71)16-14-28)67-45(78)35(23-69)65-42(75)31(11-9-17-58-50(54)55)61-37(73)22-60-46(79)40(27(7)70)68-43(76)32(12-10-18-59-51(56)57)62-44(77)33(21-36(53)72)63-41(74)30(52)19-24(2)3/h13-16,24-27,30-35,38-40,69-71H,8-12,17-23,52H2,1-7H3,(H2,53,72)(H,60,79)(H,61,73)(H,62,77)(H,63,74)(H,64,80)(H,65,75)(H,66,81)(H,67,78)(H,68,76)(H,82,83)(H4,54,55,58)(H4,56,57,59)/t26-,27+,30-,31-,32-,33-,34-,35-,38-,39-,40-/m0/s1. The highest BCUT2D eigenvalue weighted by molar-refractivity contribution is 5.99. The molecule has 0 fully saturated rings. The molecule has 0 bridgehead atoms. The first-order valence-electron chi connectivity index (χ1n) is 27.0. The SMILES string of the molecule is CC[C@H](C)[C@H](NC(=O)[C@H](CO)NC(=O)[C@H](CCCN=C(N)N)NC(=O)CNC(=O)[C@@H](NC(=O)[C@H](CCCN=C(N)N)NC(=O)[C@H](CC(N)=O)NC(=O)[C@@H](N)CC(C)C)[C@@H](C)O)C(=O)N[C@H](C(=O)N[C@@H](Cc1ccc(O)cc1)C(=O)O)C(C)C. The van der Waals surface area contributed by atoms with Gasteiger partial charge in [-0.3, -0.25) is 57.9 Å². The first kappa shape index (κ1) is 72.6. The molecule has 32 heteroatoms. The second-order valence-corrected chi connectivity index (χ2v) is 20.6. The molecule has 0 unspecified atom stereocenters. The quantitative estimate of drug-likeness (QED) is 0.0166. The Morgan fingerprint density at radius 1 is 0.566 bits per heavy atom. The van der Waals surface area contributed by atoms with E-state index in [2.05, 4.69) is 57.8 Å². The molecule has 32 nitrogen and oxygen atoms in total. The zero-order valence-corrected chi connectivity index (χ0v) is 47.9. The van der Waals surface area contributed by atoms with Crippen LogP contribution in [0.3, 0.4) is 0 Å². The summed E-state index contributed by atoms with van der Waals surface area (Å²) in [6.07, 6.45) is -2.28. The highest BCUT2D eigenvalue weighted by Gasteiger charge is 2.37. The van der Waals surface area contributed by atoms with Crippen LogP contribution in [0.2, 0.25) is 0 Å². The number of primary amides is 1. The molecule has 0 saturated carbocycles. The lowest BCUT2D eigenvalue weighted by molar-refractivity contribution is -0.142. The van der Waals surface area contributed by atoms with Gasteiger partial charge in [-0.1, -0.05) is 60.1 Å². The van der Waals surface area contributed by atoms with Gasteiger partial charge < -0.3 is 103 Å². The van der Waals surface area contributed by atoms with Crippen molar-refractivity contribution in [1.82, 2.24) is 47.9 Å². The van der Waals surface area contributed by atoms with Crippen LogP contribution in [-0.4, -0.2) is 184 Å². The molecular formula is C51H87N17O15. The Bertz CT molecular complexity index is 2420. The third-order valence-electron chi connectivity index (χ3n) is 12.6. The number of aliphatic carboxylic acids is 1. The summed E-state index contributed by atoms with van der Waals surface area (Å²) < 4.78 is 0. The van der Waals surface area contributed by atoms with E-state index in [4.69, 9.17) is 34.4 Å². The summed E-state index contributed by atoms with van der Waals surface area (Å²) in [6.45, 7) is 9.24. The summed E-state index contributed by atoms with van der Waals surface area (Å²) in [4.78, 5) is 154. The number of guanidine groups is 2. The van der Waals surface area contributed by atoms with Gasteiger partial charge in [0.15, 0.2) is 11.9 Å². The number of phenolic OH excluding ortho intramolecular Hbond substituents is 1. The third kappa shape index (κ3) is 27.8. The van der Waals surface area contributed by atoms with E-state index in [-0.39, 0.29) is 75.2 Å². The van der Waals surface area contributed by atoms with E-state index in [1.807, 2.05) is 13.8 Å². The summed E-state index contributed by atoms with van der Waals surface area (Å²) in [5.41, 5.74) is 33.5. The molecule has 0 spiro atoms. The Morgan fingerprint density at radius 2 is 1.02 bits per heavy atom. The number of phenols is 1. The number of carbonyl (C=O) groups is 11. The number of carboxylic acids is 1. The van der Waals surface area contributed by atoms with Gasteiger partial charge >= 0.3 is 5.97 Å². The monoisotopic (exact) mass is 1180 g/mol. The van der Waals surface area contributed by atoms with Crippen LogP contribution in [0.4, 0.5) is 0 Å². The first-order valence-corrected chi connectivity index (χ1v) is 27.0. The molecular weight excluding hydrogens is 1090 g/mol. The minimum atomic E-state index is -1.80. The molecule has 1 rings (SSSR count). The number of hydrogen-bond donors (Lipinski definition) is 19. The molecule has 0 radical (unpaired) electrons. The molecule has 0 aliphatic rings. The predicted octanol–water partition coefficient (Wildman–Crippen LogP) is -6.55. The number of nitrogens with two attached hydrogens (primary N) is 6. The van der Waals surface area contributed by atoms with Crippen molar-refractivity contribution in [3.63, 3.8) is 0 Å². The number of aliphatic hydroxyl groups is 2. The van der Waals surface area contributed by atoms with E-state index in [0.717, 1.165) is 6.92 Å². The van der Waals surface area contributed by atoms with Crippen molar-refractivity contribution < 1.29 is 73.2 Å². The van der Waals surface area contributed by atoms with Crippen molar-refractivity contribution in [2.75, 3.05) is 26.2 Å². The Kier molecular flexibility index (Phi) is 32.3. The molecule has 0 saturated heterocycles. The maximum absolute atomic E-state index is 13.9. The topological polar surface area (TPSA) is 558 Å². The number of hydrogen-bond acceptors (Lipinski definition) is 17. The molecule has 0 heterocycles. The summed E-state index contributed by atoms with van der Waals surface area (Å²) in [7, 11) is 0. The summed E-state index contributed by atoms with van der Waals surface area (Å²) in [5, 5.41) is 62.1.